The molecule has 186 valence electrons. The van der Waals surface area contributed by atoms with Gasteiger partial charge in [-0.05, 0) is 45.4 Å². The maximum Gasteiger partial charge on any atom is 0.277 e. The zero-order chi connectivity index (χ0) is 28.0. The Kier molecular flexibility index (Phi) is 6.16. The van der Waals surface area contributed by atoms with Gasteiger partial charge in [0.1, 0.15) is 34.4 Å². The molecule has 0 amide bonds. The van der Waals surface area contributed by atoms with Crippen molar-refractivity contribution < 1.29 is 21.4 Å². The van der Waals surface area contributed by atoms with Gasteiger partial charge in [0.2, 0.25) is 0 Å². The lowest BCUT2D eigenvalue weighted by molar-refractivity contribution is 0.0688. The molecule has 4 rings (SSSR count). The Morgan fingerprint density at radius 3 is 2.61 bits per heavy atom. The molecular weight excluding hydrogens is 490 g/mol. The molecule has 0 spiro atoms. The third-order valence-electron chi connectivity index (χ3n) is 5.31. The zero-order valence-electron chi connectivity index (χ0n) is 21.8. The lowest BCUT2D eigenvalue weighted by atomic mass is 10.1. The van der Waals surface area contributed by atoms with Crippen LogP contribution in [0.3, 0.4) is 0 Å². The lowest BCUT2D eigenvalue weighted by Crippen LogP contribution is -2.23. The highest BCUT2D eigenvalue weighted by Crippen LogP contribution is 2.28. The Morgan fingerprint density at radius 1 is 1.17 bits per heavy atom. The van der Waals surface area contributed by atoms with Gasteiger partial charge in [-0.3, -0.25) is 14.3 Å². The summed E-state index contributed by atoms with van der Waals surface area (Å²) in [4.78, 5) is 25.4. The molecule has 0 fully saturated rings. The van der Waals surface area contributed by atoms with Crippen LogP contribution in [-0.2, 0) is 12.2 Å². The SMILES string of the molecule is [2H]C([2H])(Oc1cc(C)n(-c2cc(-c3ccnc(C(C)(C)O)n3)ccc2C)c(=O)c1Cl)c1ncc(F)cc1F. The molecular formula is C26H23ClF2N4O3. The Morgan fingerprint density at radius 2 is 1.92 bits per heavy atom. The van der Waals surface area contributed by atoms with Gasteiger partial charge in [-0.1, -0.05) is 23.7 Å². The van der Waals surface area contributed by atoms with Crippen molar-refractivity contribution in [2.24, 2.45) is 0 Å². The first kappa shape index (κ1) is 22.8. The summed E-state index contributed by atoms with van der Waals surface area (Å²) in [6.07, 6.45) is 2.19. The van der Waals surface area contributed by atoms with Crippen LogP contribution in [0.4, 0.5) is 8.78 Å². The summed E-state index contributed by atoms with van der Waals surface area (Å²) in [6.45, 7) is 3.69. The van der Waals surface area contributed by atoms with Gasteiger partial charge in [0.15, 0.2) is 11.6 Å². The highest BCUT2D eigenvalue weighted by atomic mass is 35.5. The molecule has 0 saturated carbocycles. The fraction of sp³-hybridized carbons (Fsp3) is 0.231. The van der Waals surface area contributed by atoms with Crippen molar-refractivity contribution >= 4 is 11.6 Å². The molecule has 0 bridgehead atoms. The average molecular weight is 515 g/mol. The Balaban J connectivity index is 1.78. The molecule has 36 heavy (non-hydrogen) atoms. The van der Waals surface area contributed by atoms with Crippen LogP contribution in [0.25, 0.3) is 16.9 Å². The molecule has 0 radical (unpaired) electrons. The molecule has 4 aromatic rings. The van der Waals surface area contributed by atoms with E-state index in [4.69, 9.17) is 19.1 Å². The molecule has 0 unspecified atom stereocenters. The maximum absolute atomic E-state index is 14.2. The van der Waals surface area contributed by atoms with Crippen molar-refractivity contribution in [3.05, 3.63) is 98.6 Å². The van der Waals surface area contributed by atoms with Gasteiger partial charge in [0.05, 0.1) is 20.3 Å². The van der Waals surface area contributed by atoms with Crippen molar-refractivity contribution in [2.75, 3.05) is 0 Å². The van der Waals surface area contributed by atoms with Crippen LogP contribution in [-0.4, -0.2) is 24.6 Å². The van der Waals surface area contributed by atoms with E-state index in [-0.39, 0.29) is 11.6 Å². The number of hydrogen-bond donors (Lipinski definition) is 1. The summed E-state index contributed by atoms with van der Waals surface area (Å²) in [6, 6.07) is 8.83. The Hall–Kier alpha value is -3.69. The van der Waals surface area contributed by atoms with Gasteiger partial charge in [-0.2, -0.15) is 0 Å². The second-order valence-corrected chi connectivity index (χ2v) is 9.00. The largest absolute Gasteiger partial charge is 0.485 e. The average Bonchev–Trinajstić information content (AvgIpc) is 2.82. The van der Waals surface area contributed by atoms with E-state index in [1.54, 1.807) is 45.9 Å². The molecule has 0 atom stereocenters. The fourth-order valence-corrected chi connectivity index (χ4v) is 3.65. The number of aliphatic hydroxyl groups is 1. The van der Waals surface area contributed by atoms with Gasteiger partial charge in [-0.15, -0.1) is 0 Å². The normalized spacial score (nSPS) is 12.8. The minimum atomic E-state index is -2.85. The van der Waals surface area contributed by atoms with E-state index in [0.717, 1.165) is 5.56 Å². The van der Waals surface area contributed by atoms with E-state index in [9.17, 15) is 18.7 Å². The van der Waals surface area contributed by atoms with Crippen molar-refractivity contribution in [3.8, 4) is 22.7 Å². The highest BCUT2D eigenvalue weighted by Gasteiger charge is 2.21. The first-order valence-corrected chi connectivity index (χ1v) is 11.2. The Bertz CT molecular complexity index is 1610. The number of benzene rings is 1. The van der Waals surface area contributed by atoms with Crippen molar-refractivity contribution in [1.29, 1.82) is 0 Å². The minimum Gasteiger partial charge on any atom is -0.485 e. The molecule has 10 heteroatoms. The number of nitrogens with zero attached hydrogens (tertiary/aromatic N) is 4. The minimum absolute atomic E-state index is 0.233. The topological polar surface area (TPSA) is 90.1 Å². The molecule has 0 aliphatic carbocycles. The third-order valence-corrected chi connectivity index (χ3v) is 5.66. The maximum atomic E-state index is 14.2. The summed E-state index contributed by atoms with van der Waals surface area (Å²) in [5.74, 6) is -2.33. The standard InChI is InChI=1S/C26H23ClF2N4O3/c1-14-5-6-16(19-7-8-30-25(32-19)26(3,4)35)10-21(14)33-15(2)9-22(23(27)24(33)34)36-13-20-18(29)11-17(28)12-31-20/h5-12,35H,13H2,1-4H3/i13D2. The predicted octanol–water partition coefficient (Wildman–Crippen LogP) is 5.04. The van der Waals surface area contributed by atoms with Gasteiger partial charge in [0.25, 0.3) is 5.56 Å². The fourth-order valence-electron chi connectivity index (χ4n) is 3.47. The van der Waals surface area contributed by atoms with Crippen LogP contribution >= 0.6 is 11.6 Å². The van der Waals surface area contributed by atoms with Crippen LogP contribution in [0.5, 0.6) is 5.75 Å². The van der Waals surface area contributed by atoms with Crippen LogP contribution in [0.15, 0.2) is 53.6 Å². The summed E-state index contributed by atoms with van der Waals surface area (Å²) < 4.78 is 50.2. The molecule has 0 aliphatic heterocycles. The number of ether oxygens (including phenoxy) is 1. The first-order chi connectivity index (χ1) is 17.7. The van der Waals surface area contributed by atoms with Crippen LogP contribution in [0.1, 0.15) is 39.4 Å². The number of aromatic nitrogens is 4. The third kappa shape index (κ3) is 5.12. The smallest absolute Gasteiger partial charge is 0.277 e. The molecule has 3 aromatic heterocycles. The van der Waals surface area contributed by atoms with Gasteiger partial charge < -0.3 is 9.84 Å². The van der Waals surface area contributed by atoms with Gasteiger partial charge in [-0.25, -0.2) is 18.7 Å². The van der Waals surface area contributed by atoms with Gasteiger partial charge >= 0.3 is 0 Å². The molecule has 7 nitrogen and oxygen atoms in total. The summed E-state index contributed by atoms with van der Waals surface area (Å²) in [7, 11) is 0. The highest BCUT2D eigenvalue weighted by molar-refractivity contribution is 6.31. The molecule has 1 N–H and O–H groups in total. The second kappa shape index (κ2) is 9.75. The molecule has 1 aromatic carbocycles. The number of aryl methyl sites for hydroxylation is 2. The second-order valence-electron chi connectivity index (χ2n) is 8.62. The van der Waals surface area contributed by atoms with E-state index >= 15 is 0 Å². The first-order valence-electron chi connectivity index (χ1n) is 11.8. The molecule has 0 saturated heterocycles. The molecule has 3 heterocycles. The Labute approximate surface area is 213 Å². The van der Waals surface area contributed by atoms with Crippen LogP contribution in [0.2, 0.25) is 5.02 Å². The lowest BCUT2D eigenvalue weighted by Gasteiger charge is -2.18. The van der Waals surface area contributed by atoms with E-state index in [2.05, 4.69) is 15.0 Å². The number of hydrogen-bond acceptors (Lipinski definition) is 6. The zero-order valence-corrected chi connectivity index (χ0v) is 20.6. The van der Waals surface area contributed by atoms with Crippen molar-refractivity contribution in [1.82, 2.24) is 19.5 Å². The van der Waals surface area contributed by atoms with E-state index in [0.29, 0.717) is 34.9 Å². The van der Waals surface area contributed by atoms with Crippen LogP contribution < -0.4 is 10.3 Å². The number of pyridine rings is 2. The molecule has 0 aliphatic rings. The summed E-state index contributed by atoms with van der Waals surface area (Å²) in [5, 5.41) is 9.84. The van der Waals surface area contributed by atoms with Crippen molar-refractivity contribution in [3.63, 3.8) is 0 Å². The summed E-state index contributed by atoms with van der Waals surface area (Å²) in [5.41, 5.74) is -0.0202. The van der Waals surface area contributed by atoms with E-state index in [1.165, 1.54) is 16.8 Å². The predicted molar refractivity (Wildman–Crippen MR) is 131 cm³/mol. The quantitative estimate of drug-likeness (QED) is 0.387. The van der Waals surface area contributed by atoms with Crippen molar-refractivity contribution in [2.45, 2.75) is 39.9 Å². The van der Waals surface area contributed by atoms with E-state index < -0.39 is 40.1 Å². The number of rotatable bonds is 6. The number of halogens is 3. The summed E-state index contributed by atoms with van der Waals surface area (Å²) >= 11 is 6.31. The monoisotopic (exact) mass is 514 g/mol. The van der Waals surface area contributed by atoms with Crippen LogP contribution in [0, 0.1) is 25.5 Å². The van der Waals surface area contributed by atoms with Gasteiger partial charge in [0, 0.05) is 29.6 Å². The van der Waals surface area contributed by atoms with E-state index in [1.807, 2.05) is 6.07 Å².